The Kier molecular flexibility index (Phi) is 4.00. The number of benzene rings is 1. The average molecular weight is 398 g/mol. The van der Waals surface area contributed by atoms with Crippen LogP contribution in [0.1, 0.15) is 34.3 Å². The number of rotatable bonds is 2. The minimum Gasteiger partial charge on any atom is -0.511 e. The van der Waals surface area contributed by atoms with Crippen molar-refractivity contribution in [1.29, 1.82) is 0 Å². The highest BCUT2D eigenvalue weighted by Crippen LogP contribution is 2.50. The summed E-state index contributed by atoms with van der Waals surface area (Å²) < 4.78 is 0. The SMILES string of the molecule is NC(=O)C1=C(O)C2C(=O)C3=C(O)c4c(O)ccc(C(N)=O)c4C[C@H]3C[C@H]2CC1=O. The third-order valence-corrected chi connectivity index (χ3v) is 6.04. The average Bonchev–Trinajstić information content (AvgIpc) is 2.60. The Bertz CT molecular complexity index is 1080. The smallest absolute Gasteiger partial charge is 0.255 e. The van der Waals surface area contributed by atoms with E-state index in [1.54, 1.807) is 0 Å². The number of phenolic OH excluding ortho intramolecular Hbond substituents is 1. The molecule has 0 heterocycles. The van der Waals surface area contributed by atoms with Crippen LogP contribution in [0.5, 0.6) is 5.75 Å². The van der Waals surface area contributed by atoms with E-state index >= 15 is 0 Å². The summed E-state index contributed by atoms with van der Waals surface area (Å²) >= 11 is 0. The maximum atomic E-state index is 13.2. The van der Waals surface area contributed by atoms with Crippen LogP contribution in [0.3, 0.4) is 0 Å². The van der Waals surface area contributed by atoms with Crippen molar-refractivity contribution in [3.8, 4) is 5.75 Å². The summed E-state index contributed by atoms with van der Waals surface area (Å²) in [4.78, 5) is 48.7. The van der Waals surface area contributed by atoms with E-state index in [4.69, 9.17) is 11.5 Å². The van der Waals surface area contributed by atoms with Crippen LogP contribution in [0.15, 0.2) is 29.0 Å². The second kappa shape index (κ2) is 6.20. The lowest BCUT2D eigenvalue weighted by Crippen LogP contribution is -2.44. The van der Waals surface area contributed by atoms with Gasteiger partial charge in [0.05, 0.1) is 11.5 Å². The second-order valence-electron chi connectivity index (χ2n) is 7.60. The minimum atomic E-state index is -1.17. The molecule has 29 heavy (non-hydrogen) atoms. The maximum Gasteiger partial charge on any atom is 0.255 e. The van der Waals surface area contributed by atoms with Gasteiger partial charge in [0.15, 0.2) is 11.6 Å². The lowest BCUT2D eigenvalue weighted by molar-refractivity contribution is -0.127. The monoisotopic (exact) mass is 398 g/mol. The van der Waals surface area contributed by atoms with Crippen LogP contribution < -0.4 is 11.5 Å². The number of ketones is 2. The third-order valence-electron chi connectivity index (χ3n) is 6.04. The second-order valence-corrected chi connectivity index (χ2v) is 7.60. The van der Waals surface area contributed by atoms with E-state index < -0.39 is 58.2 Å². The molecule has 3 atom stereocenters. The zero-order valence-corrected chi connectivity index (χ0v) is 15.1. The molecule has 0 aliphatic heterocycles. The summed E-state index contributed by atoms with van der Waals surface area (Å²) in [6.07, 6.45) is 0.265. The number of nitrogens with two attached hydrogens (primary N) is 2. The lowest BCUT2D eigenvalue weighted by Gasteiger charge is -2.41. The number of allylic oxidation sites excluding steroid dienone is 2. The van der Waals surface area contributed by atoms with Crippen molar-refractivity contribution in [3.63, 3.8) is 0 Å². The number of fused-ring (bicyclic) bond motifs is 3. The summed E-state index contributed by atoms with van der Waals surface area (Å²) in [5.74, 6) is -6.90. The molecule has 3 aliphatic rings. The molecule has 1 saturated carbocycles. The highest BCUT2D eigenvalue weighted by molar-refractivity contribution is 6.21. The molecule has 1 unspecified atom stereocenters. The number of aromatic hydroxyl groups is 1. The van der Waals surface area contributed by atoms with Crippen molar-refractivity contribution < 1.29 is 34.5 Å². The summed E-state index contributed by atoms with van der Waals surface area (Å²) in [5, 5.41) is 31.5. The van der Waals surface area contributed by atoms with Gasteiger partial charge in [0.1, 0.15) is 22.8 Å². The normalized spacial score (nSPS) is 26.0. The van der Waals surface area contributed by atoms with Crippen LogP contribution in [0.4, 0.5) is 0 Å². The fourth-order valence-electron chi connectivity index (χ4n) is 4.87. The Morgan fingerprint density at radius 1 is 1.00 bits per heavy atom. The first-order valence-electron chi connectivity index (χ1n) is 9.01. The van der Waals surface area contributed by atoms with Gasteiger partial charge in [-0.15, -0.1) is 0 Å². The Labute approximate surface area is 164 Å². The van der Waals surface area contributed by atoms with E-state index in [2.05, 4.69) is 0 Å². The number of primary amides is 2. The summed E-state index contributed by atoms with van der Waals surface area (Å²) in [7, 11) is 0. The molecule has 0 saturated heterocycles. The summed E-state index contributed by atoms with van der Waals surface area (Å²) in [6, 6.07) is 2.55. The molecule has 9 heteroatoms. The number of hydrogen-bond acceptors (Lipinski definition) is 7. The fraction of sp³-hybridized carbons (Fsp3) is 0.300. The fourth-order valence-corrected chi connectivity index (χ4v) is 4.87. The zero-order chi connectivity index (χ0) is 21.2. The van der Waals surface area contributed by atoms with Gasteiger partial charge in [0, 0.05) is 17.6 Å². The quantitative estimate of drug-likeness (QED) is 0.447. The first-order valence-corrected chi connectivity index (χ1v) is 9.01. The van der Waals surface area contributed by atoms with Crippen LogP contribution in [-0.2, 0) is 20.8 Å². The number of hydrogen-bond donors (Lipinski definition) is 5. The molecule has 7 N–H and O–H groups in total. The van der Waals surface area contributed by atoms with Crippen LogP contribution in [0, 0.1) is 17.8 Å². The van der Waals surface area contributed by atoms with Crippen molar-refractivity contribution in [1.82, 2.24) is 0 Å². The van der Waals surface area contributed by atoms with Crippen molar-refractivity contribution in [2.24, 2.45) is 29.2 Å². The van der Waals surface area contributed by atoms with Gasteiger partial charge in [0.2, 0.25) is 5.91 Å². The Morgan fingerprint density at radius 2 is 1.69 bits per heavy atom. The van der Waals surface area contributed by atoms with Gasteiger partial charge in [0.25, 0.3) is 5.91 Å². The predicted octanol–water partition coefficient (Wildman–Crippen LogP) is 0.408. The van der Waals surface area contributed by atoms with Crippen LogP contribution in [-0.4, -0.2) is 38.7 Å². The zero-order valence-electron chi connectivity index (χ0n) is 15.1. The number of aliphatic hydroxyl groups excluding tert-OH is 2. The molecule has 0 radical (unpaired) electrons. The predicted molar refractivity (Wildman–Crippen MR) is 98.4 cm³/mol. The van der Waals surface area contributed by atoms with E-state index in [9.17, 15) is 34.5 Å². The van der Waals surface area contributed by atoms with Gasteiger partial charge < -0.3 is 26.8 Å². The van der Waals surface area contributed by atoms with E-state index in [1.165, 1.54) is 12.1 Å². The molecular formula is C20H18N2O7. The Balaban J connectivity index is 1.90. The van der Waals surface area contributed by atoms with Crippen LogP contribution in [0.2, 0.25) is 0 Å². The highest BCUT2D eigenvalue weighted by atomic mass is 16.3. The standard InChI is InChI=1S/C20H18N2O7/c21-19(28)8-1-2-10(23)14-9(8)4-6-3-7-5-11(24)15(20(22)29)18(27)13(7)16(25)12(6)17(14)26/h1-2,6-7,13,23,26-27H,3-5H2,(H2,21,28)(H2,22,29)/t6-,7+,13?/m1/s1. The molecule has 150 valence electrons. The van der Waals surface area contributed by atoms with Gasteiger partial charge in [-0.3, -0.25) is 19.2 Å². The molecule has 9 nitrogen and oxygen atoms in total. The maximum absolute atomic E-state index is 13.2. The van der Waals surface area contributed by atoms with Crippen molar-refractivity contribution in [2.75, 3.05) is 0 Å². The Morgan fingerprint density at radius 3 is 2.31 bits per heavy atom. The van der Waals surface area contributed by atoms with Gasteiger partial charge >= 0.3 is 0 Å². The van der Waals surface area contributed by atoms with Crippen molar-refractivity contribution in [2.45, 2.75) is 19.3 Å². The number of aliphatic hydroxyl groups is 2. The van der Waals surface area contributed by atoms with E-state index in [1.807, 2.05) is 0 Å². The van der Waals surface area contributed by atoms with E-state index in [0.29, 0.717) is 5.56 Å². The summed E-state index contributed by atoms with van der Waals surface area (Å²) in [6.45, 7) is 0. The Hall–Kier alpha value is -3.62. The van der Waals surface area contributed by atoms with Gasteiger partial charge in [-0.2, -0.15) is 0 Å². The molecule has 3 aliphatic carbocycles. The molecule has 1 fully saturated rings. The first kappa shape index (κ1) is 18.7. The molecule has 1 aromatic rings. The molecule has 0 aromatic heterocycles. The summed E-state index contributed by atoms with van der Waals surface area (Å²) in [5.41, 5.74) is 10.4. The topological polar surface area (TPSA) is 181 Å². The number of carbonyl (C=O) groups is 4. The van der Waals surface area contributed by atoms with Crippen molar-refractivity contribution in [3.05, 3.63) is 45.7 Å². The third kappa shape index (κ3) is 2.54. The molecule has 2 amide bonds. The van der Waals surface area contributed by atoms with Crippen LogP contribution >= 0.6 is 0 Å². The number of phenols is 1. The lowest BCUT2D eigenvalue weighted by atomic mass is 9.61. The van der Waals surface area contributed by atoms with Crippen LogP contribution in [0.25, 0.3) is 5.76 Å². The highest BCUT2D eigenvalue weighted by Gasteiger charge is 2.51. The number of amides is 2. The van der Waals surface area contributed by atoms with Gasteiger partial charge in [-0.25, -0.2) is 0 Å². The van der Waals surface area contributed by atoms with Gasteiger partial charge in [-0.1, -0.05) is 0 Å². The number of Topliss-reactive ketones (excluding diaryl/α,β-unsaturated/α-hetero) is 2. The van der Waals surface area contributed by atoms with E-state index in [0.717, 1.165) is 0 Å². The largest absolute Gasteiger partial charge is 0.511 e. The van der Waals surface area contributed by atoms with Crippen molar-refractivity contribution >= 4 is 29.1 Å². The van der Waals surface area contributed by atoms with Gasteiger partial charge in [-0.05, 0) is 42.4 Å². The first-order chi connectivity index (χ1) is 13.6. The molecule has 1 aromatic carbocycles. The number of carbonyl (C=O) groups excluding carboxylic acids is 4. The molecule has 0 spiro atoms. The minimum absolute atomic E-state index is 0.0135. The molecular weight excluding hydrogens is 380 g/mol. The van der Waals surface area contributed by atoms with E-state index in [-0.39, 0.29) is 41.7 Å². The molecule has 4 rings (SSSR count). The molecule has 0 bridgehead atoms.